The van der Waals surface area contributed by atoms with Crippen molar-refractivity contribution in [2.45, 2.75) is 31.9 Å². The molecule has 1 aromatic rings. The Morgan fingerprint density at radius 3 is 3.07 bits per heavy atom. The molecule has 1 fully saturated rings. The summed E-state index contributed by atoms with van der Waals surface area (Å²) in [6.45, 7) is 2.94. The first-order valence-electron chi connectivity index (χ1n) is 5.02. The number of hydrogen-bond donors (Lipinski definition) is 1. The zero-order valence-corrected chi connectivity index (χ0v) is 9.43. The number of hydrogen-bond acceptors (Lipinski definition) is 4. The molecule has 0 aromatic carbocycles. The van der Waals surface area contributed by atoms with Gasteiger partial charge in [-0.2, -0.15) is 0 Å². The summed E-state index contributed by atoms with van der Waals surface area (Å²) in [6.07, 6.45) is 4.63. The normalized spacial score (nSPS) is 24.0. The Bertz CT molecular complexity index is 294. The monoisotopic (exact) mass is 212 g/mol. The highest BCUT2D eigenvalue weighted by Crippen LogP contribution is 2.29. The molecule has 0 saturated carbocycles. The third kappa shape index (κ3) is 1.97. The van der Waals surface area contributed by atoms with Crippen molar-refractivity contribution in [2.75, 3.05) is 13.7 Å². The number of aryl methyl sites for hydroxylation is 1. The van der Waals surface area contributed by atoms with E-state index >= 15 is 0 Å². The van der Waals surface area contributed by atoms with Crippen molar-refractivity contribution in [1.29, 1.82) is 0 Å². The predicted molar refractivity (Wildman–Crippen MR) is 57.6 cm³/mol. The van der Waals surface area contributed by atoms with Crippen LogP contribution < -0.4 is 5.32 Å². The molecule has 1 aliphatic heterocycles. The van der Waals surface area contributed by atoms with Crippen LogP contribution in [0.4, 0.5) is 0 Å². The smallest absolute Gasteiger partial charge is 0.0897 e. The largest absolute Gasteiger partial charge is 0.376 e. The van der Waals surface area contributed by atoms with E-state index in [1.165, 1.54) is 11.3 Å². The molecule has 1 aromatic heterocycles. The summed E-state index contributed by atoms with van der Waals surface area (Å²) in [5.41, 5.74) is 0. The lowest BCUT2D eigenvalue weighted by molar-refractivity contribution is 0.0817. The third-order valence-corrected chi connectivity index (χ3v) is 3.59. The van der Waals surface area contributed by atoms with E-state index in [9.17, 15) is 0 Å². The van der Waals surface area contributed by atoms with Crippen LogP contribution in [0.3, 0.4) is 0 Å². The van der Waals surface area contributed by atoms with E-state index in [2.05, 4.69) is 10.3 Å². The molecule has 1 aliphatic rings. The van der Waals surface area contributed by atoms with Crippen molar-refractivity contribution in [3.05, 3.63) is 16.1 Å². The fraction of sp³-hybridized carbons (Fsp3) is 0.700. The van der Waals surface area contributed by atoms with Crippen molar-refractivity contribution in [3.63, 3.8) is 0 Å². The fourth-order valence-electron chi connectivity index (χ4n) is 1.90. The molecule has 78 valence electrons. The maximum absolute atomic E-state index is 5.69. The molecular formula is C10H16N2OS. The van der Waals surface area contributed by atoms with E-state index < -0.39 is 0 Å². The van der Waals surface area contributed by atoms with Crippen molar-refractivity contribution < 1.29 is 4.74 Å². The molecule has 2 unspecified atom stereocenters. The first kappa shape index (κ1) is 10.1. The second-order valence-electron chi connectivity index (χ2n) is 3.60. The molecule has 1 N–H and O–H groups in total. The maximum Gasteiger partial charge on any atom is 0.0897 e. The van der Waals surface area contributed by atoms with Crippen LogP contribution in [0, 0.1) is 6.92 Å². The van der Waals surface area contributed by atoms with Gasteiger partial charge in [-0.1, -0.05) is 0 Å². The summed E-state index contributed by atoms with van der Waals surface area (Å²) < 4.78 is 5.69. The Labute approximate surface area is 88.5 Å². The predicted octanol–water partition coefficient (Wildman–Crippen LogP) is 1.89. The lowest BCUT2D eigenvalue weighted by atomic mass is 10.1. The summed E-state index contributed by atoms with van der Waals surface area (Å²) in [4.78, 5) is 5.57. The van der Waals surface area contributed by atoms with E-state index in [1.54, 1.807) is 11.3 Å². The van der Waals surface area contributed by atoms with Gasteiger partial charge in [0.1, 0.15) is 0 Å². The first-order valence-corrected chi connectivity index (χ1v) is 5.84. The van der Waals surface area contributed by atoms with Crippen LogP contribution in [0.2, 0.25) is 0 Å². The SMILES string of the molecule is CNC(c1cnc(C)s1)C1CCCO1. The Balaban J connectivity index is 2.12. The number of ether oxygens (including phenoxy) is 1. The molecule has 0 radical (unpaired) electrons. The van der Waals surface area contributed by atoms with Crippen molar-refractivity contribution in [1.82, 2.24) is 10.3 Å². The summed E-state index contributed by atoms with van der Waals surface area (Å²) in [5.74, 6) is 0. The average Bonchev–Trinajstić information content (AvgIpc) is 2.79. The van der Waals surface area contributed by atoms with Gasteiger partial charge in [-0.3, -0.25) is 0 Å². The van der Waals surface area contributed by atoms with E-state index in [0.717, 1.165) is 18.0 Å². The van der Waals surface area contributed by atoms with Gasteiger partial charge in [0.15, 0.2) is 0 Å². The van der Waals surface area contributed by atoms with Gasteiger partial charge in [0.25, 0.3) is 0 Å². The standard InChI is InChI=1S/C10H16N2OS/c1-7-12-6-9(14-7)10(11-2)8-4-3-5-13-8/h6,8,10-11H,3-5H2,1-2H3. The number of nitrogens with one attached hydrogen (secondary N) is 1. The molecule has 2 atom stereocenters. The summed E-state index contributed by atoms with van der Waals surface area (Å²) in [7, 11) is 1.99. The average molecular weight is 212 g/mol. The summed E-state index contributed by atoms with van der Waals surface area (Å²) in [6, 6.07) is 0.323. The van der Waals surface area contributed by atoms with Gasteiger partial charge in [0.2, 0.25) is 0 Å². The van der Waals surface area contributed by atoms with Crippen LogP contribution >= 0.6 is 11.3 Å². The molecule has 1 saturated heterocycles. The zero-order chi connectivity index (χ0) is 9.97. The van der Waals surface area contributed by atoms with Gasteiger partial charge in [0.05, 0.1) is 17.2 Å². The molecule has 0 amide bonds. The lowest BCUT2D eigenvalue weighted by Crippen LogP contribution is -2.28. The van der Waals surface area contributed by atoms with Gasteiger partial charge in [-0.15, -0.1) is 11.3 Å². The third-order valence-electron chi connectivity index (χ3n) is 2.59. The molecule has 0 aliphatic carbocycles. The number of aromatic nitrogens is 1. The topological polar surface area (TPSA) is 34.2 Å². The minimum atomic E-state index is 0.323. The van der Waals surface area contributed by atoms with Crippen molar-refractivity contribution >= 4 is 11.3 Å². The van der Waals surface area contributed by atoms with Gasteiger partial charge >= 0.3 is 0 Å². The highest BCUT2D eigenvalue weighted by molar-refractivity contribution is 7.11. The molecule has 3 nitrogen and oxygen atoms in total. The number of likely N-dealkylation sites (N-methyl/N-ethyl adjacent to an activating group) is 1. The van der Waals surface area contributed by atoms with Crippen LogP contribution in [-0.2, 0) is 4.74 Å². The van der Waals surface area contributed by atoms with Crippen LogP contribution in [-0.4, -0.2) is 24.7 Å². The van der Waals surface area contributed by atoms with Gasteiger partial charge in [-0.05, 0) is 26.8 Å². The number of nitrogens with zero attached hydrogens (tertiary/aromatic N) is 1. The zero-order valence-electron chi connectivity index (χ0n) is 8.62. The molecule has 2 rings (SSSR count). The van der Waals surface area contributed by atoms with Gasteiger partial charge in [-0.25, -0.2) is 4.98 Å². The maximum atomic E-state index is 5.69. The minimum Gasteiger partial charge on any atom is -0.376 e. The first-order chi connectivity index (χ1) is 6.81. The Morgan fingerprint density at radius 2 is 2.57 bits per heavy atom. The van der Waals surface area contributed by atoms with Gasteiger partial charge < -0.3 is 10.1 Å². The summed E-state index contributed by atoms with van der Waals surface area (Å²) >= 11 is 1.75. The molecule has 0 spiro atoms. The summed E-state index contributed by atoms with van der Waals surface area (Å²) in [5, 5.41) is 4.44. The second kappa shape index (κ2) is 4.38. The Hall–Kier alpha value is -0.450. The van der Waals surface area contributed by atoms with E-state index in [-0.39, 0.29) is 0 Å². The quantitative estimate of drug-likeness (QED) is 0.831. The van der Waals surface area contributed by atoms with Crippen molar-refractivity contribution in [2.24, 2.45) is 0 Å². The molecular weight excluding hydrogens is 196 g/mol. The lowest BCUT2D eigenvalue weighted by Gasteiger charge is -2.20. The molecule has 0 bridgehead atoms. The van der Waals surface area contributed by atoms with Crippen molar-refractivity contribution in [3.8, 4) is 0 Å². The minimum absolute atomic E-state index is 0.323. The van der Waals surface area contributed by atoms with E-state index in [1.807, 2.05) is 20.2 Å². The van der Waals surface area contributed by atoms with Gasteiger partial charge in [0, 0.05) is 17.7 Å². The molecule has 14 heavy (non-hydrogen) atoms. The van der Waals surface area contributed by atoms with Crippen LogP contribution in [0.15, 0.2) is 6.20 Å². The Morgan fingerprint density at radius 1 is 1.71 bits per heavy atom. The molecule has 4 heteroatoms. The van der Waals surface area contributed by atoms with E-state index in [4.69, 9.17) is 4.74 Å². The number of thiazole rings is 1. The fourth-order valence-corrected chi connectivity index (χ4v) is 2.85. The van der Waals surface area contributed by atoms with Crippen LogP contribution in [0.1, 0.15) is 28.8 Å². The molecule has 2 heterocycles. The van der Waals surface area contributed by atoms with Crippen LogP contribution in [0.5, 0.6) is 0 Å². The second-order valence-corrected chi connectivity index (χ2v) is 4.87. The van der Waals surface area contributed by atoms with E-state index in [0.29, 0.717) is 12.1 Å². The highest BCUT2D eigenvalue weighted by atomic mass is 32.1. The Kier molecular flexibility index (Phi) is 3.15. The van der Waals surface area contributed by atoms with Crippen LogP contribution in [0.25, 0.3) is 0 Å². The number of rotatable bonds is 3. The highest BCUT2D eigenvalue weighted by Gasteiger charge is 2.27.